The van der Waals surface area contributed by atoms with Crippen LogP contribution in [0, 0.1) is 0 Å². The molecule has 32 heavy (non-hydrogen) atoms. The second-order valence-electron chi connectivity index (χ2n) is 6.63. The minimum absolute atomic E-state index is 0.0412. The molecule has 1 N–H and O–H groups in total. The maximum Gasteiger partial charge on any atom is 0.434 e. The molecule has 0 saturated carbocycles. The molecule has 0 radical (unpaired) electrons. The highest BCUT2D eigenvalue weighted by Gasteiger charge is 2.41. The van der Waals surface area contributed by atoms with Crippen LogP contribution < -0.4 is 5.32 Å². The highest BCUT2D eigenvalue weighted by molar-refractivity contribution is 7.12. The first-order chi connectivity index (χ1) is 15.2. The Morgan fingerprint density at radius 3 is 2.53 bits per heavy atom. The van der Waals surface area contributed by atoms with Gasteiger partial charge in [0.25, 0.3) is 5.91 Å². The van der Waals surface area contributed by atoms with E-state index in [1.54, 1.807) is 53.9 Å². The number of aromatic nitrogens is 3. The number of nitrogens with zero attached hydrogens (tertiary/aromatic N) is 3. The van der Waals surface area contributed by atoms with Gasteiger partial charge in [0.15, 0.2) is 5.69 Å². The number of hydrogen-bond acceptors (Lipinski definition) is 4. The van der Waals surface area contributed by atoms with Gasteiger partial charge in [-0.2, -0.15) is 18.3 Å². The average Bonchev–Trinajstić information content (AvgIpc) is 3.42. The molecule has 0 aliphatic heterocycles. The Kier molecular flexibility index (Phi) is 6.23. The number of nitrogens with one attached hydrogen (secondary N) is 1. The maximum absolute atomic E-state index is 13.9. The third-order valence-corrected chi connectivity index (χ3v) is 6.02. The van der Waals surface area contributed by atoms with Crippen LogP contribution in [-0.4, -0.2) is 20.7 Å². The molecule has 5 nitrogen and oxygen atoms in total. The lowest BCUT2D eigenvalue weighted by Gasteiger charge is -2.11. The van der Waals surface area contributed by atoms with Gasteiger partial charge < -0.3 is 5.32 Å². The second-order valence-corrected chi connectivity index (χ2v) is 8.28. The Bertz CT molecular complexity index is 1270. The third kappa shape index (κ3) is 4.64. The van der Waals surface area contributed by atoms with Crippen LogP contribution in [0.4, 0.5) is 13.2 Å². The summed E-state index contributed by atoms with van der Waals surface area (Å²) in [5.74, 6) is -0.881. The van der Waals surface area contributed by atoms with Gasteiger partial charge in [-0.05, 0) is 17.7 Å². The number of halogens is 5. The summed E-state index contributed by atoms with van der Waals surface area (Å²) in [6.45, 7) is 0.0842. The van der Waals surface area contributed by atoms with Crippen molar-refractivity contribution >= 4 is 40.4 Å². The lowest BCUT2D eigenvalue weighted by Crippen LogP contribution is -2.26. The molecule has 0 bridgehead atoms. The maximum atomic E-state index is 13.9. The van der Waals surface area contributed by atoms with E-state index in [0.717, 1.165) is 23.1 Å². The fourth-order valence-electron chi connectivity index (χ4n) is 2.96. The third-order valence-electron chi connectivity index (χ3n) is 4.47. The molecule has 0 spiro atoms. The lowest BCUT2D eigenvalue weighted by atomic mass is 10.2. The van der Waals surface area contributed by atoms with Crippen LogP contribution in [0.15, 0.2) is 60.1 Å². The van der Waals surface area contributed by atoms with Crippen molar-refractivity contribution in [1.82, 2.24) is 20.1 Å². The minimum Gasteiger partial charge on any atom is -0.348 e. The van der Waals surface area contributed by atoms with Crippen LogP contribution in [0.3, 0.4) is 0 Å². The summed E-state index contributed by atoms with van der Waals surface area (Å²) in [5.41, 5.74) is -0.0310. The van der Waals surface area contributed by atoms with Gasteiger partial charge in [-0.3, -0.25) is 4.79 Å². The Labute approximate surface area is 194 Å². The van der Waals surface area contributed by atoms with E-state index in [2.05, 4.69) is 15.4 Å². The quantitative estimate of drug-likeness (QED) is 0.355. The molecule has 0 aliphatic carbocycles. The van der Waals surface area contributed by atoms with Gasteiger partial charge in [-0.15, -0.1) is 11.3 Å². The largest absolute Gasteiger partial charge is 0.434 e. The van der Waals surface area contributed by atoms with Crippen LogP contribution in [0.25, 0.3) is 16.4 Å². The van der Waals surface area contributed by atoms with E-state index in [0.29, 0.717) is 26.0 Å². The van der Waals surface area contributed by atoms with E-state index in [4.69, 9.17) is 23.2 Å². The van der Waals surface area contributed by atoms with E-state index in [9.17, 15) is 18.0 Å². The summed E-state index contributed by atoms with van der Waals surface area (Å²) < 4.78 is 42.3. The zero-order chi connectivity index (χ0) is 22.9. The molecule has 2 heterocycles. The zero-order valence-electron chi connectivity index (χ0n) is 16.0. The molecule has 11 heteroatoms. The summed E-state index contributed by atoms with van der Waals surface area (Å²) in [6.07, 6.45) is -3.94. The smallest absolute Gasteiger partial charge is 0.348 e. The molecule has 164 valence electrons. The number of benzene rings is 2. The van der Waals surface area contributed by atoms with Gasteiger partial charge in [0.05, 0.1) is 27.5 Å². The van der Waals surface area contributed by atoms with Crippen LogP contribution >= 0.6 is 34.5 Å². The Morgan fingerprint density at radius 2 is 1.84 bits per heavy atom. The van der Waals surface area contributed by atoms with E-state index in [-0.39, 0.29) is 11.7 Å². The van der Waals surface area contributed by atoms with Crippen molar-refractivity contribution in [3.05, 3.63) is 87.0 Å². The van der Waals surface area contributed by atoms with E-state index in [1.165, 1.54) is 0 Å². The molecular formula is C21H13Cl2F3N4OS. The summed E-state index contributed by atoms with van der Waals surface area (Å²) in [4.78, 5) is 16.8. The standard InChI is InChI=1S/C21H13Cl2F3N4OS/c22-15-7-6-13(8-16(15)23)17-11-32-20(29-17)30-18(21(24,25)26)14(10-28-30)19(31)27-9-12-4-2-1-3-5-12/h1-8,10-11H,9H2,(H,27,31). The number of alkyl halides is 3. The molecule has 0 fully saturated rings. The fraction of sp³-hybridized carbons (Fsp3) is 0.0952. The highest BCUT2D eigenvalue weighted by atomic mass is 35.5. The van der Waals surface area contributed by atoms with E-state index < -0.39 is 23.3 Å². The summed E-state index contributed by atoms with van der Waals surface area (Å²) in [7, 11) is 0. The van der Waals surface area contributed by atoms with Gasteiger partial charge in [-0.1, -0.05) is 59.6 Å². The molecule has 2 aromatic carbocycles. The number of amides is 1. The van der Waals surface area contributed by atoms with Crippen molar-refractivity contribution < 1.29 is 18.0 Å². The van der Waals surface area contributed by atoms with Crippen molar-refractivity contribution in [3.63, 3.8) is 0 Å². The van der Waals surface area contributed by atoms with Crippen LogP contribution in [-0.2, 0) is 12.7 Å². The Hall–Kier alpha value is -2.88. The minimum atomic E-state index is -4.83. The number of thiazole rings is 1. The summed E-state index contributed by atoms with van der Waals surface area (Å²) >= 11 is 12.9. The van der Waals surface area contributed by atoms with Crippen molar-refractivity contribution in [2.24, 2.45) is 0 Å². The second kappa shape index (κ2) is 8.93. The fourth-order valence-corrected chi connectivity index (χ4v) is 4.05. The Morgan fingerprint density at radius 1 is 1.09 bits per heavy atom. The molecule has 4 aromatic rings. The van der Waals surface area contributed by atoms with Crippen LogP contribution in [0.5, 0.6) is 0 Å². The van der Waals surface area contributed by atoms with E-state index >= 15 is 0 Å². The van der Waals surface area contributed by atoms with Gasteiger partial charge in [0, 0.05) is 17.5 Å². The molecular weight excluding hydrogens is 484 g/mol. The first-order valence-corrected chi connectivity index (χ1v) is 10.8. The first-order valence-electron chi connectivity index (χ1n) is 9.12. The highest BCUT2D eigenvalue weighted by Crippen LogP contribution is 2.36. The van der Waals surface area contributed by atoms with Crippen molar-refractivity contribution in [2.45, 2.75) is 12.7 Å². The molecule has 4 rings (SSSR count). The molecule has 0 saturated heterocycles. The average molecular weight is 497 g/mol. The molecule has 0 unspecified atom stereocenters. The van der Waals surface area contributed by atoms with Gasteiger partial charge in [0.1, 0.15) is 0 Å². The number of rotatable bonds is 5. The van der Waals surface area contributed by atoms with Crippen LogP contribution in [0.2, 0.25) is 10.0 Å². The molecule has 2 aromatic heterocycles. The van der Waals surface area contributed by atoms with Crippen molar-refractivity contribution in [3.8, 4) is 16.4 Å². The monoisotopic (exact) mass is 496 g/mol. The van der Waals surface area contributed by atoms with Crippen molar-refractivity contribution in [2.75, 3.05) is 0 Å². The van der Waals surface area contributed by atoms with Gasteiger partial charge >= 0.3 is 6.18 Å². The predicted octanol–water partition coefficient (Wildman–Crippen LogP) is 6.25. The first kappa shape index (κ1) is 22.3. The predicted molar refractivity (Wildman–Crippen MR) is 117 cm³/mol. The van der Waals surface area contributed by atoms with E-state index in [1.807, 2.05) is 0 Å². The van der Waals surface area contributed by atoms with Gasteiger partial charge in [0.2, 0.25) is 5.13 Å². The summed E-state index contributed by atoms with van der Waals surface area (Å²) in [6, 6.07) is 13.7. The Balaban J connectivity index is 1.65. The lowest BCUT2D eigenvalue weighted by molar-refractivity contribution is -0.143. The molecule has 0 aliphatic rings. The SMILES string of the molecule is O=C(NCc1ccccc1)c1cnn(-c2nc(-c3ccc(Cl)c(Cl)c3)cs2)c1C(F)(F)F. The number of carbonyl (C=O) groups is 1. The van der Waals surface area contributed by atoms with Crippen LogP contribution in [0.1, 0.15) is 21.6 Å². The normalized spacial score (nSPS) is 11.5. The molecule has 1 amide bonds. The van der Waals surface area contributed by atoms with Crippen molar-refractivity contribution in [1.29, 1.82) is 0 Å². The number of carbonyl (C=O) groups excluding carboxylic acids is 1. The topological polar surface area (TPSA) is 59.8 Å². The number of hydrogen-bond donors (Lipinski definition) is 1. The summed E-state index contributed by atoms with van der Waals surface area (Å²) in [5, 5.41) is 8.48. The zero-order valence-corrected chi connectivity index (χ0v) is 18.4. The molecule has 0 atom stereocenters. The van der Waals surface area contributed by atoms with Gasteiger partial charge in [-0.25, -0.2) is 9.67 Å².